The van der Waals surface area contributed by atoms with Crippen LogP contribution in [0.15, 0.2) is 29.2 Å². The second kappa shape index (κ2) is 4.41. The Morgan fingerprint density at radius 1 is 1.23 bits per heavy atom. The number of anilines is 1. The molecule has 1 atom stereocenters. The Bertz CT molecular complexity index is 280. The molecular formula is C8H8F3NS. The van der Waals surface area contributed by atoms with E-state index in [1.165, 1.54) is 12.1 Å². The second-order valence-electron chi connectivity index (χ2n) is 2.38. The van der Waals surface area contributed by atoms with Gasteiger partial charge in [0.05, 0.1) is 0 Å². The molecule has 13 heavy (non-hydrogen) atoms. The van der Waals surface area contributed by atoms with Crippen LogP contribution in [0.4, 0.5) is 18.9 Å². The molecule has 0 heterocycles. The van der Waals surface area contributed by atoms with Crippen molar-refractivity contribution in [3.8, 4) is 0 Å². The Labute approximate surface area is 78.1 Å². The number of rotatable bonds is 3. The Morgan fingerprint density at radius 3 is 2.46 bits per heavy atom. The van der Waals surface area contributed by atoms with Crippen molar-refractivity contribution in [2.24, 2.45) is 0 Å². The topological polar surface area (TPSA) is 26.0 Å². The summed E-state index contributed by atoms with van der Waals surface area (Å²) >= 11 is 0.469. The first-order chi connectivity index (χ1) is 6.09. The summed E-state index contributed by atoms with van der Waals surface area (Å²) < 4.78 is 36.1. The smallest absolute Gasteiger partial charge is 0.278 e. The van der Waals surface area contributed by atoms with Gasteiger partial charge in [-0.25, -0.2) is 13.2 Å². The largest absolute Gasteiger partial charge is 0.399 e. The summed E-state index contributed by atoms with van der Waals surface area (Å²) in [6.45, 7) is 0. The van der Waals surface area contributed by atoms with Crippen molar-refractivity contribution in [1.82, 2.24) is 0 Å². The quantitative estimate of drug-likeness (QED) is 0.609. The first-order valence-electron chi connectivity index (χ1n) is 3.54. The normalized spacial score (nSPS) is 13.2. The minimum atomic E-state index is -2.97. The van der Waals surface area contributed by atoms with Crippen molar-refractivity contribution in [2.75, 3.05) is 5.73 Å². The summed E-state index contributed by atoms with van der Waals surface area (Å²) in [4.78, 5) is 0.410. The van der Waals surface area contributed by atoms with Gasteiger partial charge in [-0.1, -0.05) is 17.8 Å². The molecule has 0 radical (unpaired) electrons. The highest BCUT2D eigenvalue weighted by atomic mass is 32.2. The lowest BCUT2D eigenvalue weighted by molar-refractivity contribution is 0.0953. The first kappa shape index (κ1) is 10.2. The fourth-order valence-corrected chi connectivity index (χ4v) is 1.49. The summed E-state index contributed by atoms with van der Waals surface area (Å²) in [6.07, 6.45) is -2.97. The van der Waals surface area contributed by atoms with Gasteiger partial charge >= 0.3 is 0 Å². The molecule has 0 aliphatic rings. The lowest BCUT2D eigenvalue weighted by atomic mass is 10.3. The predicted molar refractivity (Wildman–Crippen MR) is 47.6 cm³/mol. The molecule has 1 aromatic rings. The highest BCUT2D eigenvalue weighted by Crippen LogP contribution is 2.29. The molecule has 0 amide bonds. The maximum atomic E-state index is 12.5. The van der Waals surface area contributed by atoms with E-state index in [2.05, 4.69) is 0 Å². The SMILES string of the molecule is Nc1cccc(SC(F)C(F)F)c1. The maximum Gasteiger partial charge on any atom is 0.278 e. The molecule has 1 rings (SSSR count). The van der Waals surface area contributed by atoms with Crippen LogP contribution in [0.25, 0.3) is 0 Å². The fraction of sp³-hybridized carbons (Fsp3) is 0.250. The third-order valence-corrected chi connectivity index (χ3v) is 2.26. The average Bonchev–Trinajstić information content (AvgIpc) is 2.04. The van der Waals surface area contributed by atoms with E-state index in [-0.39, 0.29) is 0 Å². The minimum absolute atomic E-state index is 0.410. The van der Waals surface area contributed by atoms with E-state index in [0.717, 1.165) is 0 Å². The van der Waals surface area contributed by atoms with Gasteiger partial charge in [-0.2, -0.15) is 0 Å². The van der Waals surface area contributed by atoms with E-state index in [1.54, 1.807) is 12.1 Å². The molecule has 0 spiro atoms. The molecule has 72 valence electrons. The van der Waals surface area contributed by atoms with Gasteiger partial charge in [-0.05, 0) is 18.2 Å². The van der Waals surface area contributed by atoms with Gasteiger partial charge < -0.3 is 5.73 Å². The van der Waals surface area contributed by atoms with E-state index in [0.29, 0.717) is 22.3 Å². The minimum Gasteiger partial charge on any atom is -0.399 e. The average molecular weight is 207 g/mol. The number of hydrogen-bond donors (Lipinski definition) is 1. The second-order valence-corrected chi connectivity index (χ2v) is 3.53. The molecule has 0 aliphatic heterocycles. The molecule has 0 bridgehead atoms. The third-order valence-electron chi connectivity index (χ3n) is 1.30. The number of nitrogen functional groups attached to an aromatic ring is 1. The van der Waals surface area contributed by atoms with Crippen LogP contribution in [0.2, 0.25) is 0 Å². The van der Waals surface area contributed by atoms with Crippen molar-refractivity contribution in [3.05, 3.63) is 24.3 Å². The molecule has 0 saturated carbocycles. The third kappa shape index (κ3) is 3.18. The zero-order valence-electron chi connectivity index (χ0n) is 6.58. The van der Waals surface area contributed by atoms with Gasteiger partial charge in [-0.15, -0.1) is 0 Å². The number of hydrogen-bond acceptors (Lipinski definition) is 2. The van der Waals surface area contributed by atoms with Crippen LogP contribution in [-0.4, -0.2) is 11.9 Å². The van der Waals surface area contributed by atoms with Crippen molar-refractivity contribution in [2.45, 2.75) is 16.8 Å². The molecule has 0 saturated heterocycles. The zero-order valence-corrected chi connectivity index (χ0v) is 7.40. The van der Waals surface area contributed by atoms with E-state index >= 15 is 0 Å². The molecule has 5 heteroatoms. The Morgan fingerprint density at radius 2 is 1.92 bits per heavy atom. The molecule has 0 aromatic heterocycles. The van der Waals surface area contributed by atoms with E-state index in [1.807, 2.05) is 0 Å². The van der Waals surface area contributed by atoms with Crippen LogP contribution in [0.3, 0.4) is 0 Å². The predicted octanol–water partition coefficient (Wildman–Crippen LogP) is 2.92. The van der Waals surface area contributed by atoms with Crippen LogP contribution in [0, 0.1) is 0 Å². The Kier molecular flexibility index (Phi) is 3.48. The van der Waals surface area contributed by atoms with Crippen LogP contribution in [0.5, 0.6) is 0 Å². The van der Waals surface area contributed by atoms with Gasteiger partial charge in [0, 0.05) is 10.6 Å². The van der Waals surface area contributed by atoms with Crippen LogP contribution < -0.4 is 5.73 Å². The Hall–Kier alpha value is -0.840. The lowest BCUT2D eigenvalue weighted by Crippen LogP contribution is -2.06. The van der Waals surface area contributed by atoms with E-state index in [9.17, 15) is 13.2 Å². The summed E-state index contributed by atoms with van der Waals surface area (Å²) in [5, 5.41) is 0. The Balaban J connectivity index is 2.64. The highest BCUT2D eigenvalue weighted by Gasteiger charge is 2.20. The maximum absolute atomic E-state index is 12.5. The van der Waals surface area contributed by atoms with Crippen LogP contribution >= 0.6 is 11.8 Å². The summed E-state index contributed by atoms with van der Waals surface area (Å²) in [5.41, 5.74) is 3.63. The van der Waals surface area contributed by atoms with E-state index < -0.39 is 11.9 Å². The highest BCUT2D eigenvalue weighted by molar-refractivity contribution is 7.99. The molecular weight excluding hydrogens is 199 g/mol. The van der Waals surface area contributed by atoms with Crippen molar-refractivity contribution >= 4 is 17.4 Å². The summed E-state index contributed by atoms with van der Waals surface area (Å²) in [7, 11) is 0. The number of benzene rings is 1. The van der Waals surface area contributed by atoms with Crippen LogP contribution in [-0.2, 0) is 0 Å². The molecule has 0 fully saturated rings. The number of nitrogens with two attached hydrogens (primary N) is 1. The van der Waals surface area contributed by atoms with Gasteiger partial charge in [0.2, 0.25) is 5.50 Å². The molecule has 2 N–H and O–H groups in total. The molecule has 0 aliphatic carbocycles. The number of thioether (sulfide) groups is 1. The first-order valence-corrected chi connectivity index (χ1v) is 4.42. The van der Waals surface area contributed by atoms with Gasteiger partial charge in [0.15, 0.2) is 0 Å². The monoisotopic (exact) mass is 207 g/mol. The van der Waals surface area contributed by atoms with Gasteiger partial charge in [-0.3, -0.25) is 0 Å². The van der Waals surface area contributed by atoms with Crippen LogP contribution in [0.1, 0.15) is 0 Å². The fourth-order valence-electron chi connectivity index (χ4n) is 0.769. The van der Waals surface area contributed by atoms with Gasteiger partial charge in [0.25, 0.3) is 6.43 Å². The molecule has 1 aromatic carbocycles. The van der Waals surface area contributed by atoms with Crippen molar-refractivity contribution in [3.63, 3.8) is 0 Å². The number of alkyl halides is 3. The summed E-state index contributed by atoms with van der Waals surface area (Å²) in [6, 6.07) is 6.20. The van der Waals surface area contributed by atoms with Crippen molar-refractivity contribution in [1.29, 1.82) is 0 Å². The molecule has 1 nitrogen and oxygen atoms in total. The lowest BCUT2D eigenvalue weighted by Gasteiger charge is -2.06. The standard InChI is InChI=1S/C8H8F3NS/c9-7(10)8(11)13-6-3-1-2-5(12)4-6/h1-4,7-8H,12H2. The zero-order chi connectivity index (χ0) is 9.84. The van der Waals surface area contributed by atoms with Gasteiger partial charge in [0.1, 0.15) is 0 Å². The summed E-state index contributed by atoms with van der Waals surface area (Å²) in [5.74, 6) is 0. The number of halogens is 3. The molecule has 1 unspecified atom stereocenters. The van der Waals surface area contributed by atoms with Crippen molar-refractivity contribution < 1.29 is 13.2 Å². The van der Waals surface area contributed by atoms with E-state index in [4.69, 9.17) is 5.73 Å².